The Kier molecular flexibility index (Phi) is 1.73. The Morgan fingerprint density at radius 3 is 2.81 bits per heavy atom. The van der Waals surface area contributed by atoms with E-state index < -0.39 is 0 Å². The van der Waals surface area contributed by atoms with Crippen LogP contribution in [0.4, 0.5) is 11.4 Å². The van der Waals surface area contributed by atoms with Crippen LogP contribution in [0.3, 0.4) is 0 Å². The van der Waals surface area contributed by atoms with E-state index in [1.165, 1.54) is 6.07 Å². The van der Waals surface area contributed by atoms with E-state index in [1.54, 1.807) is 18.2 Å². The third-order valence-electron chi connectivity index (χ3n) is 2.71. The van der Waals surface area contributed by atoms with E-state index in [0.717, 1.165) is 16.6 Å². The van der Waals surface area contributed by atoms with Gasteiger partial charge in [-0.1, -0.05) is 24.4 Å². The van der Waals surface area contributed by atoms with E-state index in [4.69, 9.17) is 12.2 Å². The van der Waals surface area contributed by atoms with Gasteiger partial charge in [0.2, 0.25) is 0 Å². The molecule has 0 saturated carbocycles. The van der Waals surface area contributed by atoms with E-state index in [9.17, 15) is 10.1 Å². The maximum Gasteiger partial charge on any atom is 0.277 e. The average molecular weight is 230 g/mol. The van der Waals surface area contributed by atoms with Gasteiger partial charge in [0.15, 0.2) is 0 Å². The van der Waals surface area contributed by atoms with E-state index in [-0.39, 0.29) is 10.6 Å². The predicted octanol–water partition coefficient (Wildman–Crippen LogP) is 2.85. The molecule has 2 aromatic carbocycles. The fourth-order valence-electron chi connectivity index (χ4n) is 2.03. The number of non-ortho nitro benzene ring substituents is 1. The van der Waals surface area contributed by atoms with Gasteiger partial charge in [-0.2, -0.15) is 0 Å². The zero-order valence-electron chi connectivity index (χ0n) is 8.06. The number of thiocarbonyl (C=S) groups is 1. The summed E-state index contributed by atoms with van der Waals surface area (Å²) in [5, 5.41) is 15.4. The molecule has 0 atom stereocenters. The number of rotatable bonds is 1. The van der Waals surface area contributed by atoms with Crippen LogP contribution in [0.5, 0.6) is 0 Å². The summed E-state index contributed by atoms with van der Waals surface area (Å²) in [6.07, 6.45) is 0. The zero-order chi connectivity index (χ0) is 11.3. The number of nitrogens with zero attached hydrogens (tertiary/aromatic N) is 1. The Morgan fingerprint density at radius 2 is 2.06 bits per heavy atom. The van der Waals surface area contributed by atoms with Crippen LogP contribution in [0.1, 0.15) is 5.56 Å². The van der Waals surface area contributed by atoms with Crippen molar-refractivity contribution < 1.29 is 4.92 Å². The number of nitro benzene ring substituents is 1. The number of anilines is 1. The predicted molar refractivity (Wildman–Crippen MR) is 65.9 cm³/mol. The number of hydrogen-bond donors (Lipinski definition) is 1. The fourth-order valence-corrected chi connectivity index (χ4v) is 2.31. The molecule has 1 aliphatic heterocycles. The molecule has 16 heavy (non-hydrogen) atoms. The summed E-state index contributed by atoms with van der Waals surface area (Å²) in [5.41, 5.74) is 1.83. The molecule has 1 N–H and O–H groups in total. The molecule has 3 rings (SSSR count). The molecule has 0 bridgehead atoms. The molecule has 0 radical (unpaired) electrons. The third kappa shape index (κ3) is 1.06. The molecule has 1 aliphatic rings. The maximum atomic E-state index is 10.9. The van der Waals surface area contributed by atoms with Crippen LogP contribution in [0.15, 0.2) is 30.3 Å². The first-order valence-electron chi connectivity index (χ1n) is 4.70. The van der Waals surface area contributed by atoms with Gasteiger partial charge in [0.05, 0.1) is 10.3 Å². The van der Waals surface area contributed by atoms with Gasteiger partial charge in [0.25, 0.3) is 5.69 Å². The molecule has 0 aliphatic carbocycles. The van der Waals surface area contributed by atoms with E-state index in [0.29, 0.717) is 10.4 Å². The standard InChI is InChI=1S/C11H6N2O2S/c14-13(15)9-5-4-8-10-6(9)2-1-3-7(10)11(16)12-8/h1-5H,(H,12,16). The van der Waals surface area contributed by atoms with E-state index >= 15 is 0 Å². The molecule has 5 heteroatoms. The van der Waals surface area contributed by atoms with Crippen LogP contribution >= 0.6 is 12.2 Å². The lowest BCUT2D eigenvalue weighted by Crippen LogP contribution is -2.01. The normalized spacial score (nSPS) is 12.9. The summed E-state index contributed by atoms with van der Waals surface area (Å²) in [7, 11) is 0. The maximum absolute atomic E-state index is 10.9. The zero-order valence-corrected chi connectivity index (χ0v) is 8.88. The van der Waals surface area contributed by atoms with Gasteiger partial charge >= 0.3 is 0 Å². The van der Waals surface area contributed by atoms with Crippen molar-refractivity contribution in [1.82, 2.24) is 0 Å². The topological polar surface area (TPSA) is 55.2 Å². The van der Waals surface area contributed by atoms with Crippen LogP contribution in [0, 0.1) is 10.1 Å². The number of nitrogens with one attached hydrogen (secondary N) is 1. The summed E-state index contributed by atoms with van der Waals surface area (Å²) in [4.78, 5) is 11.1. The van der Waals surface area contributed by atoms with Crippen molar-refractivity contribution in [3.63, 3.8) is 0 Å². The number of nitro groups is 1. The molecule has 2 aromatic rings. The first kappa shape index (κ1) is 9.23. The largest absolute Gasteiger partial charge is 0.346 e. The van der Waals surface area contributed by atoms with Gasteiger partial charge in [-0.15, -0.1) is 0 Å². The minimum absolute atomic E-state index is 0.118. The second-order valence-corrected chi connectivity index (χ2v) is 3.98. The SMILES string of the molecule is O=[N+]([O-])c1ccc2c3c(cccc13)C(=S)N2. The molecular weight excluding hydrogens is 224 g/mol. The van der Waals surface area contributed by atoms with Crippen molar-refractivity contribution in [2.24, 2.45) is 0 Å². The average Bonchev–Trinajstić information content (AvgIpc) is 2.58. The first-order valence-corrected chi connectivity index (χ1v) is 5.11. The minimum atomic E-state index is -0.371. The highest BCUT2D eigenvalue weighted by atomic mass is 32.1. The third-order valence-corrected chi connectivity index (χ3v) is 3.03. The summed E-state index contributed by atoms with van der Waals surface area (Å²) >= 11 is 5.16. The van der Waals surface area contributed by atoms with Crippen molar-refractivity contribution in [3.8, 4) is 0 Å². The summed E-state index contributed by atoms with van der Waals surface area (Å²) in [5.74, 6) is 0. The number of benzene rings is 2. The highest BCUT2D eigenvalue weighted by Gasteiger charge is 2.22. The summed E-state index contributed by atoms with van der Waals surface area (Å²) in [6, 6.07) is 8.60. The molecule has 78 valence electrons. The van der Waals surface area contributed by atoms with Crippen LogP contribution in [0.2, 0.25) is 0 Å². The number of hydrogen-bond acceptors (Lipinski definition) is 3. The lowest BCUT2D eigenvalue weighted by Gasteiger charge is -2.00. The monoisotopic (exact) mass is 230 g/mol. The Labute approximate surface area is 96.0 Å². The lowest BCUT2D eigenvalue weighted by atomic mass is 10.0. The molecule has 4 nitrogen and oxygen atoms in total. The van der Waals surface area contributed by atoms with E-state index in [1.807, 2.05) is 6.07 Å². The van der Waals surface area contributed by atoms with Crippen molar-refractivity contribution in [1.29, 1.82) is 0 Å². The van der Waals surface area contributed by atoms with Crippen LogP contribution in [-0.2, 0) is 0 Å². The Hall–Kier alpha value is -2.01. The molecule has 0 fully saturated rings. The molecule has 0 amide bonds. The Bertz CT molecular complexity index is 652. The molecule has 1 heterocycles. The van der Waals surface area contributed by atoms with Gasteiger partial charge in [0, 0.05) is 22.7 Å². The van der Waals surface area contributed by atoms with Crippen molar-refractivity contribution in [2.45, 2.75) is 0 Å². The Morgan fingerprint density at radius 1 is 1.25 bits per heavy atom. The van der Waals surface area contributed by atoms with Crippen LogP contribution in [-0.4, -0.2) is 9.91 Å². The fraction of sp³-hybridized carbons (Fsp3) is 0. The second-order valence-electron chi connectivity index (χ2n) is 3.57. The quantitative estimate of drug-likeness (QED) is 0.465. The van der Waals surface area contributed by atoms with Crippen LogP contribution < -0.4 is 5.32 Å². The highest BCUT2D eigenvalue weighted by Crippen LogP contribution is 2.37. The first-order chi connectivity index (χ1) is 7.68. The van der Waals surface area contributed by atoms with Gasteiger partial charge in [-0.3, -0.25) is 10.1 Å². The van der Waals surface area contributed by atoms with Gasteiger partial charge in [0.1, 0.15) is 4.99 Å². The van der Waals surface area contributed by atoms with Gasteiger partial charge in [-0.05, 0) is 12.1 Å². The summed E-state index contributed by atoms with van der Waals surface area (Å²) in [6.45, 7) is 0. The van der Waals surface area contributed by atoms with Gasteiger partial charge in [-0.25, -0.2) is 0 Å². The molecule has 0 unspecified atom stereocenters. The molecule has 0 spiro atoms. The van der Waals surface area contributed by atoms with Crippen molar-refractivity contribution >= 4 is 39.4 Å². The van der Waals surface area contributed by atoms with E-state index in [2.05, 4.69) is 5.32 Å². The van der Waals surface area contributed by atoms with Gasteiger partial charge < -0.3 is 5.32 Å². The second kappa shape index (κ2) is 2.99. The minimum Gasteiger partial charge on any atom is -0.346 e. The molecule has 0 aromatic heterocycles. The van der Waals surface area contributed by atoms with Crippen LogP contribution in [0.25, 0.3) is 10.8 Å². The van der Waals surface area contributed by atoms with Crippen molar-refractivity contribution in [3.05, 3.63) is 46.0 Å². The highest BCUT2D eigenvalue weighted by molar-refractivity contribution is 7.81. The van der Waals surface area contributed by atoms with Crippen molar-refractivity contribution in [2.75, 3.05) is 5.32 Å². The summed E-state index contributed by atoms with van der Waals surface area (Å²) < 4.78 is 0. The molecular formula is C11H6N2O2S. The molecule has 0 saturated heterocycles. The Balaban J connectivity index is 2.50. The smallest absolute Gasteiger partial charge is 0.277 e. The lowest BCUT2D eigenvalue weighted by molar-refractivity contribution is -0.383.